The van der Waals surface area contributed by atoms with E-state index < -0.39 is 0 Å². The molecule has 138 valence electrons. The molecule has 1 saturated heterocycles. The first-order valence-corrected chi connectivity index (χ1v) is 10.1. The van der Waals surface area contributed by atoms with Gasteiger partial charge in [-0.2, -0.15) is 0 Å². The van der Waals surface area contributed by atoms with Crippen molar-refractivity contribution in [2.75, 3.05) is 30.6 Å². The van der Waals surface area contributed by atoms with Gasteiger partial charge in [-0.3, -0.25) is 14.4 Å². The summed E-state index contributed by atoms with van der Waals surface area (Å²) in [5.74, 6) is -0.118. The summed E-state index contributed by atoms with van der Waals surface area (Å²) in [4.78, 5) is 45.2. The Morgan fingerprint density at radius 2 is 1.74 bits per heavy atom. The van der Waals surface area contributed by atoms with Gasteiger partial charge in [0.2, 0.25) is 5.91 Å². The summed E-state index contributed by atoms with van der Waals surface area (Å²) in [5.41, 5.74) is 1.25. The number of hydrogen-bond donors (Lipinski definition) is 0. The van der Waals surface area contributed by atoms with Crippen LogP contribution in [0, 0.1) is 0 Å². The fraction of sp³-hybridized carbons (Fsp3) is 0.263. The number of halogens is 1. The first-order valence-electron chi connectivity index (χ1n) is 8.54. The van der Waals surface area contributed by atoms with Gasteiger partial charge in [0.1, 0.15) is 16.8 Å². The minimum atomic E-state index is -0.390. The van der Waals surface area contributed by atoms with E-state index in [1.807, 2.05) is 40.8 Å². The maximum Gasteiger partial charge on any atom is 0.261 e. The number of benzene rings is 2. The molecular formula is C19H16IN3O4. The average molecular weight is 477 g/mol. The van der Waals surface area contributed by atoms with Crippen molar-refractivity contribution in [3.8, 4) is 11.5 Å². The zero-order valence-corrected chi connectivity index (χ0v) is 16.5. The number of fused-ring (bicyclic) bond motifs is 2. The fourth-order valence-electron chi connectivity index (χ4n) is 3.22. The third-order valence-corrected chi connectivity index (χ3v) is 5.32. The number of aromatic nitrogens is 1. The van der Waals surface area contributed by atoms with Gasteiger partial charge in [-0.15, -0.1) is 0 Å². The zero-order valence-electron chi connectivity index (χ0n) is 14.4. The second kappa shape index (κ2) is 7.26. The summed E-state index contributed by atoms with van der Waals surface area (Å²) in [6.45, 7) is 1.70. The Morgan fingerprint density at radius 3 is 2.48 bits per heavy atom. The van der Waals surface area contributed by atoms with Crippen LogP contribution in [-0.2, 0) is 4.79 Å². The molecule has 0 unspecified atom stereocenters. The maximum absolute atomic E-state index is 13.0. The van der Waals surface area contributed by atoms with Crippen molar-refractivity contribution in [2.45, 2.75) is 0 Å². The van der Waals surface area contributed by atoms with E-state index in [1.54, 1.807) is 21.9 Å². The lowest BCUT2D eigenvalue weighted by atomic mass is 10.1. The Balaban J connectivity index is 1.70. The smallest absolute Gasteiger partial charge is 0.261 e. The van der Waals surface area contributed by atoms with Crippen molar-refractivity contribution in [1.29, 1.82) is 0 Å². The molecule has 8 heteroatoms. The highest BCUT2D eigenvalue weighted by Gasteiger charge is 2.29. The van der Waals surface area contributed by atoms with Crippen molar-refractivity contribution in [2.24, 2.45) is 0 Å². The molecule has 1 fully saturated rings. The first-order chi connectivity index (χ1) is 13.1. The van der Waals surface area contributed by atoms with Gasteiger partial charge in [0.15, 0.2) is 16.8 Å². The van der Waals surface area contributed by atoms with Crippen molar-refractivity contribution < 1.29 is 14.0 Å². The molecule has 0 spiro atoms. The summed E-state index contributed by atoms with van der Waals surface area (Å²) >= 11 is 2.03. The monoisotopic (exact) mass is 477 g/mol. The van der Waals surface area contributed by atoms with Crippen LogP contribution in [0.1, 0.15) is 10.4 Å². The molecular weight excluding hydrogens is 461 g/mol. The number of carbonyl (C=O) groups excluding carboxylic acids is 2. The quantitative estimate of drug-likeness (QED) is 0.321. The molecule has 0 aromatic heterocycles. The number of para-hydroxylation sites is 2. The minimum Gasteiger partial charge on any atom is -0.452 e. The number of amides is 2. The Labute approximate surface area is 168 Å². The first kappa shape index (κ1) is 17.9. The summed E-state index contributed by atoms with van der Waals surface area (Å²) in [5, 5.41) is 0. The zero-order chi connectivity index (χ0) is 19.0. The number of rotatable bonds is 2. The number of hydrogen-bond acceptors (Lipinski definition) is 5. The lowest BCUT2D eigenvalue weighted by molar-refractivity contribution is -0.129. The van der Waals surface area contributed by atoms with Crippen LogP contribution in [0.2, 0.25) is 0 Å². The molecule has 1 aliphatic carbocycles. The summed E-state index contributed by atoms with van der Waals surface area (Å²) in [7, 11) is 0. The van der Waals surface area contributed by atoms with Gasteiger partial charge in [-0.25, -0.2) is 4.98 Å². The Morgan fingerprint density at radius 1 is 1.04 bits per heavy atom. The van der Waals surface area contributed by atoms with Crippen LogP contribution in [-0.4, -0.2) is 57.2 Å². The molecule has 3 aliphatic rings. The lowest BCUT2D eigenvalue weighted by Gasteiger charge is -2.34. The van der Waals surface area contributed by atoms with E-state index >= 15 is 0 Å². The highest BCUT2D eigenvalue weighted by atomic mass is 127. The summed E-state index contributed by atoms with van der Waals surface area (Å²) in [6, 6.07) is 10.1. The Kier molecular flexibility index (Phi) is 4.81. The third-order valence-electron chi connectivity index (χ3n) is 4.66. The van der Waals surface area contributed by atoms with Crippen LogP contribution in [0.3, 0.4) is 0 Å². The molecule has 0 N–H and O–H groups in total. The second-order valence-electron chi connectivity index (χ2n) is 6.28. The predicted molar refractivity (Wildman–Crippen MR) is 108 cm³/mol. The Hall–Kier alpha value is -2.49. The average Bonchev–Trinajstić information content (AvgIpc) is 2.71. The van der Waals surface area contributed by atoms with Gasteiger partial charge < -0.3 is 14.2 Å². The molecule has 2 aliphatic heterocycles. The molecule has 1 aromatic carbocycles. The summed E-state index contributed by atoms with van der Waals surface area (Å²) in [6.07, 6.45) is 0. The van der Waals surface area contributed by atoms with Gasteiger partial charge in [0, 0.05) is 26.2 Å². The second-order valence-corrected chi connectivity index (χ2v) is 7.04. The maximum atomic E-state index is 13.0. The van der Waals surface area contributed by atoms with Gasteiger partial charge in [-0.05, 0) is 24.3 Å². The van der Waals surface area contributed by atoms with Crippen molar-refractivity contribution in [1.82, 2.24) is 14.8 Å². The van der Waals surface area contributed by atoms with E-state index in [4.69, 9.17) is 4.42 Å². The topological polar surface area (TPSA) is 83.7 Å². The number of piperazine rings is 1. The largest absolute Gasteiger partial charge is 0.452 e. The molecule has 0 radical (unpaired) electrons. The molecule has 0 saturated carbocycles. The standard InChI is InChI=1S/C19H16IN3O4/c20-11-16(25)22-7-9-23(10-8-22)19(26)17-14(24)6-5-13-18(17)27-15-4-2-1-3-12(15)21-13/h1-6H,7-11H2. The fourth-order valence-corrected chi connectivity index (χ4v) is 3.71. The van der Waals surface area contributed by atoms with Crippen molar-refractivity contribution >= 4 is 45.5 Å². The van der Waals surface area contributed by atoms with Crippen molar-refractivity contribution in [3.63, 3.8) is 0 Å². The number of nitrogens with zero attached hydrogens (tertiary/aromatic N) is 3. The van der Waals surface area contributed by atoms with E-state index in [0.29, 0.717) is 47.4 Å². The molecule has 4 rings (SSSR count). The molecule has 27 heavy (non-hydrogen) atoms. The minimum absolute atomic E-state index is 0.000536. The number of alkyl halides is 1. The molecule has 7 nitrogen and oxygen atoms in total. The van der Waals surface area contributed by atoms with E-state index in [1.165, 1.54) is 6.07 Å². The molecule has 2 amide bonds. The molecule has 1 aromatic rings. The van der Waals surface area contributed by atoms with Crippen LogP contribution < -0.4 is 5.43 Å². The van der Waals surface area contributed by atoms with Crippen LogP contribution in [0.5, 0.6) is 0 Å². The van der Waals surface area contributed by atoms with Gasteiger partial charge in [0.05, 0.1) is 4.43 Å². The SMILES string of the molecule is O=C(CI)N1CCN(C(=O)c2c3oc4ccccc4nc-3ccc2=O)CC1. The third kappa shape index (κ3) is 3.29. The van der Waals surface area contributed by atoms with E-state index in [9.17, 15) is 14.4 Å². The highest BCUT2D eigenvalue weighted by molar-refractivity contribution is 14.1. The van der Waals surface area contributed by atoms with Crippen molar-refractivity contribution in [3.05, 3.63) is 52.2 Å². The van der Waals surface area contributed by atoms with E-state index in [-0.39, 0.29) is 28.6 Å². The normalized spacial score (nSPS) is 14.7. The Bertz CT molecular complexity index is 1060. The van der Waals surface area contributed by atoms with Crippen LogP contribution in [0.4, 0.5) is 0 Å². The van der Waals surface area contributed by atoms with Gasteiger partial charge in [0.25, 0.3) is 5.91 Å². The van der Waals surface area contributed by atoms with Gasteiger partial charge >= 0.3 is 0 Å². The van der Waals surface area contributed by atoms with E-state index in [2.05, 4.69) is 4.98 Å². The lowest BCUT2D eigenvalue weighted by Crippen LogP contribution is -2.51. The predicted octanol–water partition coefficient (Wildman–Crippen LogP) is 2.01. The highest BCUT2D eigenvalue weighted by Crippen LogP contribution is 2.27. The van der Waals surface area contributed by atoms with Crippen LogP contribution in [0.25, 0.3) is 22.6 Å². The molecule has 0 bridgehead atoms. The van der Waals surface area contributed by atoms with E-state index in [0.717, 1.165) is 0 Å². The molecule has 2 heterocycles. The van der Waals surface area contributed by atoms with Crippen LogP contribution in [0.15, 0.2) is 45.6 Å². The van der Waals surface area contributed by atoms with Crippen LogP contribution >= 0.6 is 22.6 Å². The number of carbonyl (C=O) groups is 2. The summed E-state index contributed by atoms with van der Waals surface area (Å²) < 4.78 is 6.29. The molecule has 0 atom stereocenters. The van der Waals surface area contributed by atoms with Gasteiger partial charge in [-0.1, -0.05) is 34.7 Å².